The van der Waals surface area contributed by atoms with Crippen LogP contribution in [0.15, 0.2) is 24.3 Å². The molecule has 1 atom stereocenters. The van der Waals surface area contributed by atoms with Crippen molar-refractivity contribution in [2.45, 2.75) is 51.1 Å². The zero-order chi connectivity index (χ0) is 13.5. The van der Waals surface area contributed by atoms with E-state index in [1.807, 2.05) is 25.1 Å². The Morgan fingerprint density at radius 3 is 2.79 bits per heavy atom. The van der Waals surface area contributed by atoms with Gasteiger partial charge in [0.25, 0.3) is 0 Å². The van der Waals surface area contributed by atoms with Crippen LogP contribution in [-0.4, -0.2) is 24.4 Å². The lowest BCUT2D eigenvalue weighted by Gasteiger charge is -2.28. The van der Waals surface area contributed by atoms with Crippen molar-refractivity contribution in [3.63, 3.8) is 0 Å². The van der Waals surface area contributed by atoms with Crippen molar-refractivity contribution in [1.82, 2.24) is 5.32 Å². The van der Waals surface area contributed by atoms with Crippen molar-refractivity contribution < 1.29 is 9.84 Å². The number of hydrogen-bond donors (Lipinski definition) is 2. The zero-order valence-electron chi connectivity index (χ0n) is 11.8. The van der Waals surface area contributed by atoms with E-state index in [0.29, 0.717) is 12.6 Å². The quantitative estimate of drug-likeness (QED) is 0.829. The van der Waals surface area contributed by atoms with Crippen LogP contribution in [-0.2, 0) is 0 Å². The average Bonchev–Trinajstić information content (AvgIpc) is 2.46. The Hall–Kier alpha value is -1.06. The van der Waals surface area contributed by atoms with Gasteiger partial charge in [-0.05, 0) is 37.5 Å². The SMILES string of the molecule is CCOc1cccc(C(CO)NC2CCCCC2)c1. The van der Waals surface area contributed by atoms with Crippen LogP contribution in [0.5, 0.6) is 5.75 Å². The van der Waals surface area contributed by atoms with Crippen LogP contribution in [0.2, 0.25) is 0 Å². The second-order valence-corrected chi connectivity index (χ2v) is 5.24. The highest BCUT2D eigenvalue weighted by Gasteiger charge is 2.18. The van der Waals surface area contributed by atoms with E-state index in [2.05, 4.69) is 11.4 Å². The lowest BCUT2D eigenvalue weighted by atomic mass is 9.94. The first-order valence-corrected chi connectivity index (χ1v) is 7.43. The molecule has 2 rings (SSSR count). The minimum absolute atomic E-state index is 0.0171. The molecule has 1 fully saturated rings. The largest absolute Gasteiger partial charge is 0.494 e. The molecule has 19 heavy (non-hydrogen) atoms. The van der Waals surface area contributed by atoms with Crippen LogP contribution in [0, 0.1) is 0 Å². The van der Waals surface area contributed by atoms with Gasteiger partial charge >= 0.3 is 0 Å². The number of hydrogen-bond acceptors (Lipinski definition) is 3. The molecular formula is C16H25NO2. The fraction of sp³-hybridized carbons (Fsp3) is 0.625. The molecular weight excluding hydrogens is 238 g/mol. The van der Waals surface area contributed by atoms with Crippen LogP contribution in [0.1, 0.15) is 50.6 Å². The highest BCUT2D eigenvalue weighted by atomic mass is 16.5. The smallest absolute Gasteiger partial charge is 0.119 e. The summed E-state index contributed by atoms with van der Waals surface area (Å²) in [6.07, 6.45) is 6.40. The first-order chi connectivity index (χ1) is 9.33. The van der Waals surface area contributed by atoms with Gasteiger partial charge in [0, 0.05) is 6.04 Å². The summed E-state index contributed by atoms with van der Waals surface area (Å²) in [5.41, 5.74) is 1.11. The minimum Gasteiger partial charge on any atom is -0.494 e. The molecule has 0 aromatic heterocycles. The highest BCUT2D eigenvalue weighted by molar-refractivity contribution is 5.30. The van der Waals surface area contributed by atoms with E-state index in [9.17, 15) is 5.11 Å². The molecule has 3 heteroatoms. The molecule has 2 N–H and O–H groups in total. The molecule has 1 aromatic carbocycles. The summed E-state index contributed by atoms with van der Waals surface area (Å²) in [6.45, 7) is 2.78. The van der Waals surface area contributed by atoms with Crippen molar-refractivity contribution in [2.75, 3.05) is 13.2 Å². The first-order valence-electron chi connectivity index (χ1n) is 7.43. The van der Waals surface area contributed by atoms with E-state index in [1.54, 1.807) is 0 Å². The minimum atomic E-state index is 0.0171. The van der Waals surface area contributed by atoms with Crippen molar-refractivity contribution in [3.8, 4) is 5.75 Å². The van der Waals surface area contributed by atoms with Gasteiger partial charge in [-0.2, -0.15) is 0 Å². The van der Waals surface area contributed by atoms with Gasteiger partial charge in [-0.3, -0.25) is 0 Å². The molecule has 106 valence electrons. The average molecular weight is 263 g/mol. The van der Waals surface area contributed by atoms with E-state index in [0.717, 1.165) is 11.3 Å². The Kier molecular flexibility index (Phi) is 5.67. The van der Waals surface area contributed by atoms with Gasteiger partial charge in [0.2, 0.25) is 0 Å². The number of aliphatic hydroxyl groups excluding tert-OH is 1. The molecule has 0 radical (unpaired) electrons. The maximum atomic E-state index is 9.63. The van der Waals surface area contributed by atoms with Crippen molar-refractivity contribution >= 4 is 0 Å². The van der Waals surface area contributed by atoms with Crippen molar-refractivity contribution in [3.05, 3.63) is 29.8 Å². The summed E-state index contributed by atoms with van der Waals surface area (Å²) in [5.74, 6) is 0.879. The monoisotopic (exact) mass is 263 g/mol. The van der Waals surface area contributed by atoms with Crippen LogP contribution in [0.25, 0.3) is 0 Å². The van der Waals surface area contributed by atoms with Crippen LogP contribution >= 0.6 is 0 Å². The predicted molar refractivity (Wildman–Crippen MR) is 77.4 cm³/mol. The molecule has 3 nitrogen and oxygen atoms in total. The van der Waals surface area contributed by atoms with Gasteiger partial charge in [0.1, 0.15) is 5.75 Å². The van der Waals surface area contributed by atoms with Crippen molar-refractivity contribution in [1.29, 1.82) is 0 Å². The van der Waals surface area contributed by atoms with E-state index < -0.39 is 0 Å². The Morgan fingerprint density at radius 1 is 1.32 bits per heavy atom. The molecule has 1 unspecified atom stereocenters. The lowest BCUT2D eigenvalue weighted by Crippen LogP contribution is -2.36. The van der Waals surface area contributed by atoms with E-state index in [4.69, 9.17) is 4.74 Å². The fourth-order valence-electron chi connectivity index (χ4n) is 2.80. The van der Waals surface area contributed by atoms with Gasteiger partial charge in [-0.15, -0.1) is 0 Å². The van der Waals surface area contributed by atoms with Gasteiger partial charge in [0.05, 0.1) is 19.3 Å². The normalized spacial score (nSPS) is 18.2. The second kappa shape index (κ2) is 7.51. The number of aliphatic hydroxyl groups is 1. The lowest BCUT2D eigenvalue weighted by molar-refractivity contribution is 0.220. The Morgan fingerprint density at radius 2 is 2.11 bits per heavy atom. The molecule has 0 heterocycles. The summed E-state index contributed by atoms with van der Waals surface area (Å²) < 4.78 is 5.52. The maximum absolute atomic E-state index is 9.63. The van der Waals surface area contributed by atoms with Crippen LogP contribution < -0.4 is 10.1 Å². The number of benzene rings is 1. The number of nitrogens with one attached hydrogen (secondary N) is 1. The van der Waals surface area contributed by atoms with Gasteiger partial charge in [-0.1, -0.05) is 31.4 Å². The third-order valence-electron chi connectivity index (χ3n) is 3.80. The third-order valence-corrected chi connectivity index (χ3v) is 3.80. The van der Waals surface area contributed by atoms with E-state index in [1.165, 1.54) is 32.1 Å². The predicted octanol–water partition coefficient (Wildman–Crippen LogP) is 3.04. The van der Waals surface area contributed by atoms with Gasteiger partial charge in [-0.25, -0.2) is 0 Å². The summed E-state index contributed by atoms with van der Waals surface area (Å²) >= 11 is 0. The van der Waals surface area contributed by atoms with Crippen LogP contribution in [0.4, 0.5) is 0 Å². The Labute approximate surface area is 116 Å². The first kappa shape index (κ1) is 14.4. The summed E-state index contributed by atoms with van der Waals surface area (Å²) in [5, 5.41) is 13.2. The number of ether oxygens (including phenoxy) is 1. The summed E-state index contributed by atoms with van der Waals surface area (Å²) in [4.78, 5) is 0. The molecule has 1 aliphatic carbocycles. The molecule has 1 aromatic rings. The van der Waals surface area contributed by atoms with Gasteiger partial charge < -0.3 is 15.2 Å². The van der Waals surface area contributed by atoms with Crippen LogP contribution in [0.3, 0.4) is 0 Å². The molecule has 1 saturated carbocycles. The maximum Gasteiger partial charge on any atom is 0.119 e. The molecule has 0 bridgehead atoms. The second-order valence-electron chi connectivity index (χ2n) is 5.24. The number of rotatable bonds is 6. The van der Waals surface area contributed by atoms with Gasteiger partial charge in [0.15, 0.2) is 0 Å². The molecule has 0 amide bonds. The van der Waals surface area contributed by atoms with E-state index in [-0.39, 0.29) is 12.6 Å². The molecule has 1 aliphatic rings. The topological polar surface area (TPSA) is 41.5 Å². The summed E-state index contributed by atoms with van der Waals surface area (Å²) in [6, 6.07) is 8.60. The van der Waals surface area contributed by atoms with E-state index >= 15 is 0 Å². The summed E-state index contributed by atoms with van der Waals surface area (Å²) in [7, 11) is 0. The Bertz CT molecular complexity index is 375. The fourth-order valence-corrected chi connectivity index (χ4v) is 2.80. The zero-order valence-corrected chi connectivity index (χ0v) is 11.8. The molecule has 0 saturated heterocycles. The third kappa shape index (κ3) is 4.22. The molecule has 0 spiro atoms. The molecule has 0 aliphatic heterocycles. The Balaban J connectivity index is 2.01. The standard InChI is InChI=1S/C16H25NO2/c1-2-19-15-10-6-7-13(11-15)16(12-18)17-14-8-4-3-5-9-14/h6-7,10-11,14,16-18H,2-5,8-9,12H2,1H3. The van der Waals surface area contributed by atoms with Crippen molar-refractivity contribution in [2.24, 2.45) is 0 Å². The highest BCUT2D eigenvalue weighted by Crippen LogP contribution is 2.23.